The van der Waals surface area contributed by atoms with Gasteiger partial charge in [-0.3, -0.25) is 4.79 Å². The number of aryl methyl sites for hydroxylation is 2. The van der Waals surface area contributed by atoms with Gasteiger partial charge >= 0.3 is 0 Å². The first-order valence-corrected chi connectivity index (χ1v) is 10.1. The van der Waals surface area contributed by atoms with E-state index in [1.807, 2.05) is 49.4 Å². The highest BCUT2D eigenvalue weighted by atomic mass is 127. The molecule has 0 unspecified atom stereocenters. The number of halogens is 1. The summed E-state index contributed by atoms with van der Waals surface area (Å²) < 4.78 is 6.57. The van der Waals surface area contributed by atoms with E-state index >= 15 is 0 Å². The number of hydrogen-bond donors (Lipinski definition) is 1. The molecule has 1 amide bonds. The Morgan fingerprint density at radius 3 is 2.69 bits per heavy atom. The minimum atomic E-state index is -0.124. The van der Waals surface area contributed by atoms with E-state index in [0.29, 0.717) is 16.7 Å². The lowest BCUT2D eigenvalue weighted by atomic mass is 10.1. The summed E-state index contributed by atoms with van der Waals surface area (Å²) in [4.78, 5) is 17.4. The van der Waals surface area contributed by atoms with E-state index in [0.717, 1.165) is 20.6 Å². The van der Waals surface area contributed by atoms with Gasteiger partial charge in [0.25, 0.3) is 5.91 Å². The number of thioether (sulfide) groups is 1. The van der Waals surface area contributed by atoms with Gasteiger partial charge in [-0.1, -0.05) is 12.1 Å². The first-order chi connectivity index (χ1) is 12.5. The molecule has 1 saturated heterocycles. The standard InChI is InChI=1S/C20H19IN2O2S/c1-4-25-17-8-6-14(10-16(17)21)11-18-19(24)23-20(26-18)22-15-7-5-12(2)13(3)9-15/h5-11H,4H2,1-3H3,(H,22,23,24)/b18-11-. The number of amides is 1. The molecule has 4 nitrogen and oxygen atoms in total. The van der Waals surface area contributed by atoms with Gasteiger partial charge in [-0.15, -0.1) is 0 Å². The molecule has 6 heteroatoms. The Morgan fingerprint density at radius 1 is 1.19 bits per heavy atom. The molecule has 2 aromatic carbocycles. The van der Waals surface area contributed by atoms with Crippen LogP contribution in [0.4, 0.5) is 5.69 Å². The Labute approximate surface area is 171 Å². The van der Waals surface area contributed by atoms with Crippen LogP contribution >= 0.6 is 34.4 Å². The fraction of sp³-hybridized carbons (Fsp3) is 0.200. The van der Waals surface area contributed by atoms with Crippen LogP contribution in [0.25, 0.3) is 6.08 Å². The first-order valence-electron chi connectivity index (χ1n) is 8.25. The summed E-state index contributed by atoms with van der Waals surface area (Å²) >= 11 is 3.60. The third-order valence-electron chi connectivity index (χ3n) is 3.93. The van der Waals surface area contributed by atoms with Crippen molar-refractivity contribution in [3.05, 3.63) is 61.6 Å². The number of nitrogens with zero attached hydrogens (tertiary/aromatic N) is 1. The largest absolute Gasteiger partial charge is 0.493 e. The lowest BCUT2D eigenvalue weighted by Crippen LogP contribution is -2.19. The van der Waals surface area contributed by atoms with Crippen molar-refractivity contribution in [2.45, 2.75) is 20.8 Å². The van der Waals surface area contributed by atoms with E-state index in [-0.39, 0.29) is 5.91 Å². The van der Waals surface area contributed by atoms with Crippen molar-refractivity contribution < 1.29 is 9.53 Å². The summed E-state index contributed by atoms with van der Waals surface area (Å²) in [5, 5.41) is 3.43. The van der Waals surface area contributed by atoms with E-state index in [4.69, 9.17) is 4.74 Å². The van der Waals surface area contributed by atoms with Gasteiger partial charge in [-0.25, -0.2) is 4.99 Å². The van der Waals surface area contributed by atoms with Gasteiger partial charge in [0.05, 0.1) is 20.8 Å². The third-order valence-corrected chi connectivity index (χ3v) is 5.68. The second-order valence-electron chi connectivity index (χ2n) is 5.87. The maximum Gasteiger partial charge on any atom is 0.264 e. The predicted molar refractivity (Wildman–Crippen MR) is 117 cm³/mol. The molecule has 0 aromatic heterocycles. The topological polar surface area (TPSA) is 50.7 Å². The van der Waals surface area contributed by atoms with Gasteiger partial charge in [0.15, 0.2) is 5.17 Å². The van der Waals surface area contributed by atoms with Gasteiger partial charge in [-0.2, -0.15) is 0 Å². The molecular weight excluding hydrogens is 459 g/mol. The zero-order valence-electron chi connectivity index (χ0n) is 14.8. The number of carbonyl (C=O) groups excluding carboxylic acids is 1. The van der Waals surface area contributed by atoms with Crippen LogP contribution < -0.4 is 10.1 Å². The lowest BCUT2D eigenvalue weighted by molar-refractivity contribution is -0.115. The van der Waals surface area contributed by atoms with Crippen molar-refractivity contribution in [3.63, 3.8) is 0 Å². The van der Waals surface area contributed by atoms with Crippen LogP contribution in [0.15, 0.2) is 46.3 Å². The molecule has 26 heavy (non-hydrogen) atoms. The molecule has 0 aliphatic carbocycles. The first kappa shape index (κ1) is 19.0. The second-order valence-corrected chi connectivity index (χ2v) is 8.07. The lowest BCUT2D eigenvalue weighted by Gasteiger charge is -2.06. The molecule has 0 radical (unpaired) electrons. The smallest absolute Gasteiger partial charge is 0.264 e. The van der Waals surface area contributed by atoms with E-state index in [1.54, 1.807) is 0 Å². The maximum absolute atomic E-state index is 12.2. The molecule has 1 fully saturated rings. The van der Waals surface area contributed by atoms with Crippen LogP contribution in [0.2, 0.25) is 0 Å². The summed E-state index contributed by atoms with van der Waals surface area (Å²) in [6, 6.07) is 11.9. The van der Waals surface area contributed by atoms with E-state index in [9.17, 15) is 4.79 Å². The molecule has 0 bridgehead atoms. The number of ether oxygens (including phenoxy) is 1. The summed E-state index contributed by atoms with van der Waals surface area (Å²) in [5.74, 6) is 0.734. The van der Waals surface area contributed by atoms with Crippen molar-refractivity contribution >= 4 is 57.2 Å². The Kier molecular flexibility index (Phi) is 6.03. The maximum atomic E-state index is 12.2. The second kappa shape index (κ2) is 8.26. The Bertz CT molecular complexity index is 922. The highest BCUT2D eigenvalue weighted by Crippen LogP contribution is 2.30. The molecule has 1 aliphatic heterocycles. The van der Waals surface area contributed by atoms with Gasteiger partial charge in [0, 0.05) is 0 Å². The summed E-state index contributed by atoms with van der Waals surface area (Å²) in [7, 11) is 0. The Hall–Kier alpha value is -1.80. The van der Waals surface area contributed by atoms with Crippen LogP contribution in [0.5, 0.6) is 5.75 Å². The zero-order valence-corrected chi connectivity index (χ0v) is 17.8. The Morgan fingerprint density at radius 2 is 2.00 bits per heavy atom. The van der Waals surface area contributed by atoms with Gasteiger partial charge in [-0.05, 0) is 102 Å². The minimum absolute atomic E-state index is 0.124. The summed E-state index contributed by atoms with van der Waals surface area (Å²) in [6.07, 6.45) is 1.88. The van der Waals surface area contributed by atoms with Crippen LogP contribution in [0.3, 0.4) is 0 Å². The zero-order chi connectivity index (χ0) is 18.7. The molecule has 2 aromatic rings. The molecule has 3 rings (SSSR count). The summed E-state index contributed by atoms with van der Waals surface area (Å²) in [5.41, 5.74) is 4.21. The van der Waals surface area contributed by atoms with Crippen LogP contribution in [0, 0.1) is 17.4 Å². The number of rotatable bonds is 4. The van der Waals surface area contributed by atoms with Crippen molar-refractivity contribution in [1.29, 1.82) is 0 Å². The average Bonchev–Trinajstić information content (AvgIpc) is 2.93. The molecule has 1 aliphatic rings. The highest BCUT2D eigenvalue weighted by molar-refractivity contribution is 14.1. The Balaban J connectivity index is 1.81. The van der Waals surface area contributed by atoms with Crippen LogP contribution in [0.1, 0.15) is 23.6 Å². The molecule has 1 heterocycles. The predicted octanol–water partition coefficient (Wildman–Crippen LogP) is 5.20. The number of benzene rings is 2. The van der Waals surface area contributed by atoms with Crippen LogP contribution in [-0.2, 0) is 4.79 Å². The minimum Gasteiger partial charge on any atom is -0.493 e. The average molecular weight is 478 g/mol. The molecule has 0 spiro atoms. The SMILES string of the molecule is CCOc1ccc(/C=C2\SC(=Nc3ccc(C)c(C)c3)NC2=O)cc1I. The third kappa shape index (κ3) is 4.48. The number of carbonyl (C=O) groups is 1. The molecule has 134 valence electrons. The van der Waals surface area contributed by atoms with E-state index in [2.05, 4.69) is 46.7 Å². The number of amidine groups is 1. The van der Waals surface area contributed by atoms with E-state index in [1.165, 1.54) is 22.9 Å². The monoisotopic (exact) mass is 478 g/mol. The number of hydrogen-bond acceptors (Lipinski definition) is 4. The van der Waals surface area contributed by atoms with Crippen molar-refractivity contribution in [3.8, 4) is 5.75 Å². The molecule has 1 N–H and O–H groups in total. The quantitative estimate of drug-likeness (QED) is 0.486. The van der Waals surface area contributed by atoms with Crippen LogP contribution in [-0.4, -0.2) is 17.7 Å². The normalized spacial score (nSPS) is 17.0. The number of nitrogens with one attached hydrogen (secondary N) is 1. The van der Waals surface area contributed by atoms with Gasteiger partial charge < -0.3 is 10.1 Å². The van der Waals surface area contributed by atoms with Crippen molar-refractivity contribution in [2.75, 3.05) is 6.61 Å². The van der Waals surface area contributed by atoms with Gasteiger partial charge in [0.2, 0.25) is 0 Å². The van der Waals surface area contributed by atoms with Gasteiger partial charge in [0.1, 0.15) is 5.75 Å². The highest BCUT2D eigenvalue weighted by Gasteiger charge is 2.23. The molecule has 0 saturated carbocycles. The summed E-state index contributed by atoms with van der Waals surface area (Å²) in [6.45, 7) is 6.71. The fourth-order valence-electron chi connectivity index (χ4n) is 2.42. The van der Waals surface area contributed by atoms with E-state index < -0.39 is 0 Å². The molecular formula is C20H19IN2O2S. The van der Waals surface area contributed by atoms with Crippen molar-refractivity contribution in [2.24, 2.45) is 4.99 Å². The van der Waals surface area contributed by atoms with Crippen molar-refractivity contribution in [1.82, 2.24) is 5.32 Å². The molecule has 0 atom stereocenters. The fourth-order valence-corrected chi connectivity index (χ4v) is 3.96. The number of aliphatic imine (C=N–C) groups is 1.